The number of ether oxygens (including phenoxy) is 1. The number of amides is 1. The molecule has 4 N–H and O–H groups in total. The molecule has 1 unspecified atom stereocenters. The fourth-order valence-corrected chi connectivity index (χ4v) is 5.06. The second-order valence-electron chi connectivity index (χ2n) is 9.12. The summed E-state index contributed by atoms with van der Waals surface area (Å²) in [5.41, 5.74) is 8.78. The van der Waals surface area contributed by atoms with Crippen molar-refractivity contribution in [1.29, 1.82) is 0 Å². The van der Waals surface area contributed by atoms with Crippen LogP contribution < -0.4 is 21.1 Å². The fourth-order valence-electron chi connectivity index (χ4n) is 4.88. The van der Waals surface area contributed by atoms with E-state index in [2.05, 4.69) is 10.6 Å². The molecular weight excluding hydrogens is 466 g/mol. The molecule has 1 atom stereocenters. The average Bonchev–Trinajstić information content (AvgIpc) is 3.29. The van der Waals surface area contributed by atoms with Crippen LogP contribution in [0.4, 0.5) is 11.6 Å². The quantitative estimate of drug-likeness (QED) is 0.501. The molecule has 0 radical (unpaired) electrons. The average molecular weight is 498 g/mol. The van der Waals surface area contributed by atoms with E-state index in [0.717, 1.165) is 67.2 Å². The highest BCUT2D eigenvalue weighted by Gasteiger charge is 2.32. The molecule has 2 aliphatic rings. The molecule has 4 heterocycles. The van der Waals surface area contributed by atoms with E-state index in [1.165, 1.54) is 0 Å². The summed E-state index contributed by atoms with van der Waals surface area (Å²) in [6.07, 6.45) is 4.55. The molecule has 1 saturated heterocycles. The van der Waals surface area contributed by atoms with Gasteiger partial charge in [0.05, 0.1) is 23.9 Å². The summed E-state index contributed by atoms with van der Waals surface area (Å²) < 4.78 is 7.93. The number of nitrogens with one attached hydrogen (secondary N) is 2. The topological polar surface area (TPSA) is 110 Å². The number of carbonyl (C=O) groups excluding carboxylic acids is 1. The molecule has 5 rings (SSSR count). The van der Waals surface area contributed by atoms with Crippen molar-refractivity contribution in [3.8, 4) is 5.75 Å². The highest BCUT2D eigenvalue weighted by molar-refractivity contribution is 6.31. The summed E-state index contributed by atoms with van der Waals surface area (Å²) in [5, 5.41) is 12.4. The van der Waals surface area contributed by atoms with E-state index in [4.69, 9.17) is 32.2 Å². The molecule has 1 fully saturated rings. The number of piperidine rings is 1. The van der Waals surface area contributed by atoms with Gasteiger partial charge in [0.25, 0.3) is 5.91 Å². The van der Waals surface area contributed by atoms with E-state index in [1.54, 1.807) is 18.2 Å². The first-order valence-electron chi connectivity index (χ1n) is 12.4. The number of nitrogens with two attached hydrogens (primary N) is 1. The van der Waals surface area contributed by atoms with Crippen LogP contribution in [0.1, 0.15) is 59.8 Å². The van der Waals surface area contributed by atoms with Crippen LogP contribution in [-0.4, -0.2) is 58.2 Å². The van der Waals surface area contributed by atoms with Gasteiger partial charge in [0, 0.05) is 42.8 Å². The molecule has 0 spiro atoms. The van der Waals surface area contributed by atoms with Gasteiger partial charge in [0.1, 0.15) is 17.4 Å². The minimum Gasteiger partial charge on any atom is -0.493 e. The second-order valence-corrected chi connectivity index (χ2v) is 9.56. The molecule has 9 nitrogen and oxygen atoms in total. The highest BCUT2D eigenvalue weighted by atomic mass is 35.5. The van der Waals surface area contributed by atoms with E-state index in [1.807, 2.05) is 22.4 Å². The number of hydrogen-bond acceptors (Lipinski definition) is 7. The van der Waals surface area contributed by atoms with Crippen molar-refractivity contribution in [2.75, 3.05) is 43.4 Å². The first-order chi connectivity index (χ1) is 17.1. The number of rotatable bonds is 3. The zero-order chi connectivity index (χ0) is 24.4. The maximum Gasteiger partial charge on any atom is 0.258 e. The standard InChI is InChI=1S/C25H32ClN7O2/c1-16-23(28-11-9-27)30-22-15-19-20-6-2-4-12-32(20)25(34)18-14-17(26)7-8-21(18)35-13-5-3-10-29-24(16)33(22)31-19/h7-8,14-15,20,29H,2-6,9-13,27H2,1H3,(H,28,30). The van der Waals surface area contributed by atoms with Crippen LogP contribution in [0.2, 0.25) is 5.02 Å². The Morgan fingerprint density at radius 1 is 1.26 bits per heavy atom. The van der Waals surface area contributed by atoms with Crippen LogP contribution in [0.5, 0.6) is 5.75 Å². The minimum absolute atomic E-state index is 0.0769. The maximum absolute atomic E-state index is 13.8. The molecule has 0 saturated carbocycles. The van der Waals surface area contributed by atoms with Crippen molar-refractivity contribution in [3.05, 3.63) is 46.1 Å². The van der Waals surface area contributed by atoms with E-state index in [-0.39, 0.29) is 11.9 Å². The number of hydrogen-bond donors (Lipinski definition) is 3. The van der Waals surface area contributed by atoms with Gasteiger partial charge in [0.15, 0.2) is 5.65 Å². The molecule has 0 aliphatic carbocycles. The highest BCUT2D eigenvalue weighted by Crippen LogP contribution is 2.35. The van der Waals surface area contributed by atoms with Crippen molar-refractivity contribution in [3.63, 3.8) is 0 Å². The lowest BCUT2D eigenvalue weighted by Gasteiger charge is -2.35. The molecule has 35 heavy (non-hydrogen) atoms. The van der Waals surface area contributed by atoms with Gasteiger partial charge in [-0.25, -0.2) is 4.98 Å². The van der Waals surface area contributed by atoms with Gasteiger partial charge in [-0.1, -0.05) is 11.6 Å². The lowest BCUT2D eigenvalue weighted by Crippen LogP contribution is -2.39. The van der Waals surface area contributed by atoms with Crippen molar-refractivity contribution in [2.24, 2.45) is 5.73 Å². The fraction of sp³-hybridized carbons (Fsp3) is 0.480. The zero-order valence-corrected chi connectivity index (χ0v) is 20.8. The van der Waals surface area contributed by atoms with Crippen molar-refractivity contribution < 1.29 is 9.53 Å². The van der Waals surface area contributed by atoms with Gasteiger partial charge in [-0.05, 0) is 57.2 Å². The summed E-state index contributed by atoms with van der Waals surface area (Å²) in [7, 11) is 0. The number of anilines is 2. The molecule has 1 amide bonds. The van der Waals surface area contributed by atoms with Crippen LogP contribution in [-0.2, 0) is 0 Å². The third-order valence-corrected chi connectivity index (χ3v) is 6.93. The monoisotopic (exact) mass is 497 g/mol. The Bertz CT molecular complexity index is 1230. The number of halogens is 1. The predicted octanol–water partition coefficient (Wildman–Crippen LogP) is 4.01. The molecule has 3 aromatic rings. The Balaban J connectivity index is 1.61. The summed E-state index contributed by atoms with van der Waals surface area (Å²) in [6.45, 7) is 5.12. The number of carbonyl (C=O) groups is 1. The van der Waals surface area contributed by atoms with E-state index in [9.17, 15) is 4.79 Å². The largest absolute Gasteiger partial charge is 0.493 e. The van der Waals surface area contributed by atoms with Gasteiger partial charge in [-0.2, -0.15) is 9.61 Å². The summed E-state index contributed by atoms with van der Waals surface area (Å²) in [5.74, 6) is 2.20. The van der Waals surface area contributed by atoms with Gasteiger partial charge in [0.2, 0.25) is 0 Å². The molecule has 1 aromatic carbocycles. The summed E-state index contributed by atoms with van der Waals surface area (Å²) >= 11 is 6.29. The summed E-state index contributed by atoms with van der Waals surface area (Å²) in [4.78, 5) is 20.6. The third-order valence-electron chi connectivity index (χ3n) is 6.69. The van der Waals surface area contributed by atoms with Crippen molar-refractivity contribution >= 4 is 34.8 Å². The van der Waals surface area contributed by atoms with Gasteiger partial charge >= 0.3 is 0 Å². The Hall–Kier alpha value is -3.04. The predicted molar refractivity (Wildman–Crippen MR) is 138 cm³/mol. The van der Waals surface area contributed by atoms with E-state index < -0.39 is 0 Å². The molecule has 2 aliphatic heterocycles. The minimum atomic E-state index is -0.150. The number of nitrogens with zero attached hydrogens (tertiary/aromatic N) is 4. The van der Waals surface area contributed by atoms with E-state index >= 15 is 0 Å². The molecule has 2 aromatic heterocycles. The first-order valence-corrected chi connectivity index (χ1v) is 12.8. The molecule has 186 valence electrons. The van der Waals surface area contributed by atoms with Gasteiger partial charge in [-0.3, -0.25) is 4.79 Å². The van der Waals surface area contributed by atoms with Crippen LogP contribution >= 0.6 is 11.6 Å². The second kappa shape index (κ2) is 10.3. The third kappa shape index (κ3) is 4.75. The lowest BCUT2D eigenvalue weighted by atomic mass is 9.98. The molecule has 10 heteroatoms. The van der Waals surface area contributed by atoms with Gasteiger partial charge < -0.3 is 26.0 Å². The summed E-state index contributed by atoms with van der Waals surface area (Å²) in [6, 6.07) is 7.13. The molecular formula is C25H32ClN7O2. The smallest absolute Gasteiger partial charge is 0.258 e. The Morgan fingerprint density at radius 2 is 2.14 bits per heavy atom. The van der Waals surface area contributed by atoms with Crippen molar-refractivity contribution in [2.45, 2.75) is 45.1 Å². The lowest BCUT2D eigenvalue weighted by molar-refractivity contribution is 0.0601. The SMILES string of the molecule is Cc1c(NCCN)nc2cc3nn2c1NCCCCOc1ccc(Cl)cc1C(=O)N1CCCCC31. The number of benzene rings is 1. The number of fused-ring (bicyclic) bond motifs is 4. The zero-order valence-electron chi connectivity index (χ0n) is 20.0. The maximum atomic E-state index is 13.8. The Labute approximate surface area is 210 Å². The van der Waals surface area contributed by atoms with Crippen LogP contribution in [0.3, 0.4) is 0 Å². The van der Waals surface area contributed by atoms with Crippen LogP contribution in [0.25, 0.3) is 5.65 Å². The Kier molecular flexibility index (Phi) is 6.97. The van der Waals surface area contributed by atoms with Crippen LogP contribution in [0, 0.1) is 6.92 Å². The number of aromatic nitrogens is 3. The van der Waals surface area contributed by atoms with Crippen molar-refractivity contribution in [1.82, 2.24) is 19.5 Å². The Morgan fingerprint density at radius 3 is 3.00 bits per heavy atom. The van der Waals surface area contributed by atoms with Gasteiger partial charge in [-0.15, -0.1) is 0 Å². The molecule has 2 bridgehead atoms. The first kappa shape index (κ1) is 23.7. The normalized spacial score (nSPS) is 18.8. The van der Waals surface area contributed by atoms with Crippen LogP contribution in [0.15, 0.2) is 24.3 Å². The van der Waals surface area contributed by atoms with E-state index in [0.29, 0.717) is 42.6 Å².